The lowest BCUT2D eigenvalue weighted by molar-refractivity contribution is 0.0701. The third-order valence-electron chi connectivity index (χ3n) is 2.22. The van der Waals surface area contributed by atoms with E-state index in [9.17, 15) is 13.2 Å². The van der Waals surface area contributed by atoms with Crippen LogP contribution in [0.15, 0.2) is 11.4 Å². The van der Waals surface area contributed by atoms with Gasteiger partial charge >= 0.3 is 5.97 Å². The lowest BCUT2D eigenvalue weighted by Crippen LogP contribution is -2.29. The van der Waals surface area contributed by atoms with Crippen LogP contribution in [-0.2, 0) is 15.6 Å². The summed E-state index contributed by atoms with van der Waals surface area (Å²) < 4.78 is 22.9. The molecule has 0 unspecified atom stereocenters. The van der Waals surface area contributed by atoms with E-state index in [2.05, 4.69) is 0 Å². The van der Waals surface area contributed by atoms with E-state index in [0.717, 1.165) is 11.3 Å². The molecule has 1 aromatic heterocycles. The number of thiophene rings is 1. The molecule has 16 heavy (non-hydrogen) atoms. The molecule has 1 aromatic rings. The predicted molar refractivity (Wildman–Crippen MR) is 63.7 cm³/mol. The number of carbonyl (C=O) groups is 1. The molecule has 0 aliphatic rings. The quantitative estimate of drug-likeness (QED) is 0.906. The summed E-state index contributed by atoms with van der Waals surface area (Å²) in [6.45, 7) is 4.82. The van der Waals surface area contributed by atoms with Gasteiger partial charge < -0.3 is 5.11 Å². The van der Waals surface area contributed by atoms with Crippen LogP contribution in [0.25, 0.3) is 0 Å². The maximum absolute atomic E-state index is 11.9. The van der Waals surface area contributed by atoms with Gasteiger partial charge in [-0.05, 0) is 37.8 Å². The first-order valence-electron chi connectivity index (χ1n) is 4.67. The van der Waals surface area contributed by atoms with Crippen LogP contribution in [0.2, 0.25) is 0 Å². The normalized spacial score (nSPS) is 12.7. The van der Waals surface area contributed by atoms with Crippen molar-refractivity contribution in [3.05, 3.63) is 21.9 Å². The van der Waals surface area contributed by atoms with Gasteiger partial charge in [0.15, 0.2) is 9.84 Å². The van der Waals surface area contributed by atoms with Crippen molar-refractivity contribution in [2.45, 2.75) is 31.3 Å². The number of hydrogen-bond acceptors (Lipinski definition) is 4. The summed E-state index contributed by atoms with van der Waals surface area (Å²) in [5.74, 6) is -1.30. The van der Waals surface area contributed by atoms with Crippen molar-refractivity contribution in [2.75, 3.05) is 0 Å². The predicted octanol–water partition coefficient (Wildman–Crippen LogP) is 2.16. The highest BCUT2D eigenvalue weighted by molar-refractivity contribution is 7.92. The third kappa shape index (κ3) is 2.62. The lowest BCUT2D eigenvalue weighted by atomic mass is 10.3. The first-order chi connectivity index (χ1) is 7.15. The van der Waals surface area contributed by atoms with E-state index in [1.165, 1.54) is 0 Å². The molecule has 0 bridgehead atoms. The fourth-order valence-corrected chi connectivity index (χ4v) is 2.99. The highest BCUT2D eigenvalue weighted by Crippen LogP contribution is 2.25. The van der Waals surface area contributed by atoms with Crippen LogP contribution < -0.4 is 0 Å². The number of carboxylic acid groups (broad SMARTS) is 1. The number of rotatable bonds is 3. The van der Waals surface area contributed by atoms with Crippen molar-refractivity contribution in [1.29, 1.82) is 0 Å². The van der Waals surface area contributed by atoms with Gasteiger partial charge in [0.05, 0.1) is 10.5 Å². The molecule has 0 spiro atoms. The summed E-state index contributed by atoms with van der Waals surface area (Å²) in [5, 5.41) is 10.5. The van der Waals surface area contributed by atoms with Crippen LogP contribution in [0.5, 0.6) is 0 Å². The average Bonchev–Trinajstić information content (AvgIpc) is 2.49. The van der Waals surface area contributed by atoms with Crippen LogP contribution in [0.3, 0.4) is 0 Å². The Balaban J connectivity index is 3.07. The van der Waals surface area contributed by atoms with Crippen LogP contribution in [0.4, 0.5) is 0 Å². The van der Waals surface area contributed by atoms with E-state index in [1.54, 1.807) is 32.2 Å². The zero-order valence-corrected chi connectivity index (χ0v) is 11.0. The summed E-state index contributed by atoms with van der Waals surface area (Å²) in [5.41, 5.74) is 0.368. The van der Waals surface area contributed by atoms with Gasteiger partial charge in [-0.15, -0.1) is 11.3 Å². The fourth-order valence-electron chi connectivity index (χ4n) is 1.06. The van der Waals surface area contributed by atoms with Gasteiger partial charge in [0, 0.05) is 0 Å². The number of hydrogen-bond donors (Lipinski definition) is 1. The lowest BCUT2D eigenvalue weighted by Gasteiger charge is -2.18. The minimum atomic E-state index is -3.33. The van der Waals surface area contributed by atoms with Crippen molar-refractivity contribution < 1.29 is 18.3 Å². The molecule has 1 rings (SSSR count). The van der Waals surface area contributed by atoms with Gasteiger partial charge in [-0.3, -0.25) is 0 Å². The van der Waals surface area contributed by atoms with Crippen LogP contribution in [0.1, 0.15) is 36.0 Å². The molecule has 0 aliphatic carbocycles. The van der Waals surface area contributed by atoms with E-state index in [-0.39, 0.29) is 10.6 Å². The largest absolute Gasteiger partial charge is 0.477 e. The van der Waals surface area contributed by atoms with Crippen molar-refractivity contribution >= 4 is 27.1 Å². The number of carboxylic acids is 1. The molecule has 90 valence electrons. The molecule has 0 aliphatic heterocycles. The molecule has 0 fully saturated rings. The summed E-state index contributed by atoms with van der Waals surface area (Å²) in [4.78, 5) is 10.9. The summed E-state index contributed by atoms with van der Waals surface area (Å²) in [6.07, 6.45) is 0. The Labute approximate surface area is 98.8 Å². The Hall–Kier alpha value is -0.880. The molecule has 0 radical (unpaired) electrons. The van der Waals surface area contributed by atoms with Gasteiger partial charge in [0.2, 0.25) is 0 Å². The highest BCUT2D eigenvalue weighted by atomic mass is 32.2. The molecule has 0 saturated carbocycles. The number of sulfone groups is 1. The molecule has 4 nitrogen and oxygen atoms in total. The van der Waals surface area contributed by atoms with Crippen LogP contribution in [0, 0.1) is 0 Å². The van der Waals surface area contributed by atoms with Gasteiger partial charge in [0.25, 0.3) is 0 Å². The second-order valence-corrected chi connectivity index (χ2v) is 8.11. The molecule has 0 aromatic carbocycles. The second kappa shape index (κ2) is 4.18. The molecule has 1 heterocycles. The topological polar surface area (TPSA) is 71.4 Å². The first-order valence-corrected chi connectivity index (χ1v) is 7.20. The second-order valence-electron chi connectivity index (χ2n) is 4.45. The van der Waals surface area contributed by atoms with E-state index in [0.29, 0.717) is 5.56 Å². The van der Waals surface area contributed by atoms with E-state index in [1.807, 2.05) is 0 Å². The highest BCUT2D eigenvalue weighted by Gasteiger charge is 2.30. The molecule has 1 N–H and O–H groups in total. The zero-order valence-electron chi connectivity index (χ0n) is 9.35. The smallest absolute Gasteiger partial charge is 0.346 e. The van der Waals surface area contributed by atoms with Gasteiger partial charge in [0.1, 0.15) is 4.88 Å². The van der Waals surface area contributed by atoms with Gasteiger partial charge in [-0.25, -0.2) is 13.2 Å². The summed E-state index contributed by atoms with van der Waals surface area (Å²) >= 11 is 1.04. The average molecular weight is 262 g/mol. The molecule has 0 amide bonds. The van der Waals surface area contributed by atoms with Crippen molar-refractivity contribution in [3.63, 3.8) is 0 Å². The van der Waals surface area contributed by atoms with E-state index < -0.39 is 20.6 Å². The van der Waals surface area contributed by atoms with Crippen molar-refractivity contribution in [2.24, 2.45) is 0 Å². The van der Waals surface area contributed by atoms with Crippen molar-refractivity contribution in [3.8, 4) is 0 Å². The minimum Gasteiger partial charge on any atom is -0.477 e. The monoisotopic (exact) mass is 262 g/mol. The Morgan fingerprint density at radius 2 is 2.00 bits per heavy atom. The Morgan fingerprint density at radius 3 is 2.44 bits per heavy atom. The number of aromatic carboxylic acids is 1. The third-order valence-corrected chi connectivity index (χ3v) is 5.72. The van der Waals surface area contributed by atoms with Crippen molar-refractivity contribution in [1.82, 2.24) is 0 Å². The summed E-state index contributed by atoms with van der Waals surface area (Å²) in [6, 6.07) is 1.55. The zero-order chi connectivity index (χ0) is 12.6. The molecule has 6 heteroatoms. The van der Waals surface area contributed by atoms with Gasteiger partial charge in [-0.1, -0.05) is 0 Å². The molecule has 0 atom stereocenters. The maximum atomic E-state index is 11.9. The van der Waals surface area contributed by atoms with E-state index >= 15 is 0 Å². The van der Waals surface area contributed by atoms with Crippen LogP contribution >= 0.6 is 11.3 Å². The summed E-state index contributed by atoms with van der Waals surface area (Å²) in [7, 11) is -3.33. The van der Waals surface area contributed by atoms with Crippen LogP contribution in [-0.4, -0.2) is 24.2 Å². The fraction of sp³-hybridized carbons (Fsp3) is 0.500. The van der Waals surface area contributed by atoms with E-state index in [4.69, 9.17) is 5.11 Å². The molecule has 0 saturated heterocycles. The maximum Gasteiger partial charge on any atom is 0.346 e. The molecular formula is C10H14O4S2. The standard InChI is InChI=1S/C10H14O4S2/c1-10(2,3)16(13,14)6-7-4-5-15-8(7)9(11)12/h4-5H,6H2,1-3H3,(H,11,12). The van der Waals surface area contributed by atoms with Gasteiger partial charge in [-0.2, -0.15) is 0 Å². The first kappa shape index (κ1) is 13.2. The minimum absolute atomic E-state index is 0.104. The Bertz CT molecular complexity index is 491. The molecular weight excluding hydrogens is 248 g/mol. The Morgan fingerprint density at radius 1 is 1.44 bits per heavy atom. The Kier molecular flexibility index (Phi) is 3.44. The SMILES string of the molecule is CC(C)(C)S(=O)(=O)Cc1ccsc1C(=O)O.